The molecule has 1 aromatic heterocycles. The molecule has 1 rings (SSSR count). The van der Waals surface area contributed by atoms with E-state index in [0.29, 0.717) is 0 Å². The van der Waals surface area contributed by atoms with Gasteiger partial charge in [-0.1, -0.05) is 10.3 Å². The van der Waals surface area contributed by atoms with Gasteiger partial charge >= 0.3 is 5.97 Å². The molecule has 1 N–H and O–H groups in total. The molecule has 0 bridgehead atoms. The van der Waals surface area contributed by atoms with Crippen LogP contribution in [0.15, 0.2) is 17.0 Å². The Bertz CT molecular complexity index is 204. The molecule has 0 radical (unpaired) electrons. The molecule has 8 nitrogen and oxygen atoms in total. The Morgan fingerprint density at radius 1 is 1.58 bits per heavy atom. The fourth-order valence-corrected chi connectivity index (χ4v) is 0.247. The van der Waals surface area contributed by atoms with Gasteiger partial charge in [-0.3, -0.25) is 10.1 Å². The lowest BCUT2D eigenvalue weighted by molar-refractivity contribution is -0.469. The average Bonchev–Trinajstić information content (AvgIpc) is 2.36. The van der Waals surface area contributed by atoms with Gasteiger partial charge in [0.2, 0.25) is 0 Å². The first-order valence-electron chi connectivity index (χ1n) is 2.68. The van der Waals surface area contributed by atoms with E-state index in [2.05, 4.69) is 14.9 Å². The van der Waals surface area contributed by atoms with Crippen LogP contribution >= 0.6 is 0 Å². The van der Waals surface area contributed by atoms with E-state index in [1.807, 2.05) is 0 Å². The molecule has 0 aromatic carbocycles. The SMILES string of the molecule is O=C(O)C[N+](=O)[O-].c1cnon1. The summed E-state index contributed by atoms with van der Waals surface area (Å²) in [5, 5.41) is 23.3. The Hall–Kier alpha value is -1.99. The minimum Gasteiger partial charge on any atom is -0.476 e. The summed E-state index contributed by atoms with van der Waals surface area (Å²) >= 11 is 0. The molecule has 0 aliphatic heterocycles. The van der Waals surface area contributed by atoms with Crippen molar-refractivity contribution in [1.29, 1.82) is 0 Å². The fraction of sp³-hybridized carbons (Fsp3) is 0.250. The van der Waals surface area contributed by atoms with Crippen molar-refractivity contribution in [3.05, 3.63) is 22.5 Å². The lowest BCUT2D eigenvalue weighted by Crippen LogP contribution is -2.11. The lowest BCUT2D eigenvalue weighted by Gasteiger charge is -1.79. The van der Waals surface area contributed by atoms with Gasteiger partial charge in [0.25, 0.3) is 6.54 Å². The maximum Gasteiger partial charge on any atom is 0.376 e. The Balaban J connectivity index is 0.000000211. The van der Waals surface area contributed by atoms with E-state index in [0.717, 1.165) is 0 Å². The number of carboxylic acid groups (broad SMARTS) is 1. The van der Waals surface area contributed by atoms with Crippen molar-refractivity contribution in [2.45, 2.75) is 0 Å². The summed E-state index contributed by atoms with van der Waals surface area (Å²) in [5.41, 5.74) is 0. The molecule has 8 heteroatoms. The molecular formula is C4H5N3O5. The molecule has 12 heavy (non-hydrogen) atoms. The van der Waals surface area contributed by atoms with Crippen LogP contribution < -0.4 is 0 Å². The van der Waals surface area contributed by atoms with Crippen molar-refractivity contribution in [2.24, 2.45) is 0 Å². The Morgan fingerprint density at radius 2 is 2.08 bits per heavy atom. The monoisotopic (exact) mass is 175 g/mol. The fourth-order valence-electron chi connectivity index (χ4n) is 0.247. The topological polar surface area (TPSA) is 119 Å². The highest BCUT2D eigenvalue weighted by Crippen LogP contribution is 1.65. The quantitative estimate of drug-likeness (QED) is 0.471. The molecule has 0 saturated heterocycles. The molecule has 0 amide bonds. The molecule has 66 valence electrons. The average molecular weight is 175 g/mol. The zero-order valence-electron chi connectivity index (χ0n) is 5.78. The van der Waals surface area contributed by atoms with Gasteiger partial charge in [-0.2, -0.15) is 0 Å². The minimum absolute atomic E-state index is 0.900. The molecular weight excluding hydrogens is 170 g/mol. The third-order valence-electron chi connectivity index (χ3n) is 0.547. The van der Waals surface area contributed by atoms with Crippen LogP contribution in [0.5, 0.6) is 0 Å². The van der Waals surface area contributed by atoms with Crippen LogP contribution in [0.4, 0.5) is 0 Å². The van der Waals surface area contributed by atoms with E-state index in [-0.39, 0.29) is 0 Å². The maximum absolute atomic E-state index is 9.37. The molecule has 1 heterocycles. The van der Waals surface area contributed by atoms with Crippen LogP contribution in [-0.4, -0.2) is 32.9 Å². The standard InChI is InChI=1S/C2H2N2O.C2H3NO4/c1-2-4-5-3-1;4-2(5)1-3(6)7/h1-2H;1H2,(H,4,5). The zero-order valence-corrected chi connectivity index (χ0v) is 5.78. The first kappa shape index (κ1) is 10.0. The van der Waals surface area contributed by atoms with E-state index in [1.165, 1.54) is 12.4 Å². The van der Waals surface area contributed by atoms with Gasteiger partial charge in [-0.15, -0.1) is 0 Å². The summed E-state index contributed by atoms with van der Waals surface area (Å²) in [6, 6.07) is 0. The van der Waals surface area contributed by atoms with Crippen molar-refractivity contribution in [3.63, 3.8) is 0 Å². The summed E-state index contributed by atoms with van der Waals surface area (Å²) in [6.45, 7) is -1.00. The molecule has 0 aliphatic rings. The van der Waals surface area contributed by atoms with E-state index >= 15 is 0 Å². The molecule has 0 saturated carbocycles. The minimum atomic E-state index is -1.41. The van der Waals surface area contributed by atoms with Crippen molar-refractivity contribution in [1.82, 2.24) is 10.3 Å². The summed E-state index contributed by atoms with van der Waals surface area (Å²) in [6.07, 6.45) is 2.94. The Labute approximate surface area is 65.9 Å². The maximum atomic E-state index is 9.37. The summed E-state index contributed by atoms with van der Waals surface area (Å²) in [7, 11) is 0. The first-order chi connectivity index (χ1) is 5.63. The molecule has 0 atom stereocenters. The smallest absolute Gasteiger partial charge is 0.376 e. The third kappa shape index (κ3) is 8.01. The van der Waals surface area contributed by atoms with E-state index in [9.17, 15) is 14.9 Å². The predicted octanol–water partition coefficient (Wildman–Crippen LogP) is -0.583. The number of rotatable bonds is 2. The van der Waals surface area contributed by atoms with E-state index < -0.39 is 17.4 Å². The number of hydrogen-bond donors (Lipinski definition) is 1. The first-order valence-corrected chi connectivity index (χ1v) is 2.68. The number of aliphatic carboxylic acids is 1. The summed E-state index contributed by atoms with van der Waals surface area (Å²) in [5.74, 6) is -1.41. The van der Waals surface area contributed by atoms with Gasteiger partial charge in [-0.05, 0) is 0 Å². The van der Waals surface area contributed by atoms with Gasteiger partial charge < -0.3 is 5.11 Å². The van der Waals surface area contributed by atoms with Gasteiger partial charge in [0, 0.05) is 4.92 Å². The van der Waals surface area contributed by atoms with Crippen molar-refractivity contribution >= 4 is 5.97 Å². The summed E-state index contributed by atoms with van der Waals surface area (Å²) < 4.78 is 4.08. The Kier molecular flexibility index (Phi) is 4.81. The van der Waals surface area contributed by atoms with Crippen LogP contribution in [0.25, 0.3) is 0 Å². The van der Waals surface area contributed by atoms with E-state index in [4.69, 9.17) is 5.11 Å². The number of nitro groups is 1. The van der Waals surface area contributed by atoms with Gasteiger partial charge in [-0.25, -0.2) is 9.42 Å². The molecule has 0 fully saturated rings. The molecule has 0 aliphatic carbocycles. The van der Waals surface area contributed by atoms with Gasteiger partial charge in [0.1, 0.15) is 0 Å². The van der Waals surface area contributed by atoms with Crippen LogP contribution in [0.2, 0.25) is 0 Å². The molecule has 1 aromatic rings. The van der Waals surface area contributed by atoms with Crippen molar-refractivity contribution in [3.8, 4) is 0 Å². The summed E-state index contributed by atoms with van der Waals surface area (Å²) in [4.78, 5) is 17.7. The highest BCUT2D eigenvalue weighted by molar-refractivity contribution is 5.67. The number of hydrogen-bond acceptors (Lipinski definition) is 6. The van der Waals surface area contributed by atoms with Crippen molar-refractivity contribution in [2.75, 3.05) is 6.54 Å². The number of carbonyl (C=O) groups is 1. The number of carboxylic acids is 1. The van der Waals surface area contributed by atoms with Crippen molar-refractivity contribution < 1.29 is 19.5 Å². The van der Waals surface area contributed by atoms with Crippen LogP contribution in [-0.2, 0) is 4.79 Å². The lowest BCUT2D eigenvalue weighted by atomic mass is 10.7. The highest BCUT2D eigenvalue weighted by atomic mass is 16.6. The second kappa shape index (κ2) is 5.77. The van der Waals surface area contributed by atoms with Crippen LogP contribution in [0.3, 0.4) is 0 Å². The Morgan fingerprint density at radius 3 is 2.17 bits per heavy atom. The van der Waals surface area contributed by atoms with Gasteiger partial charge in [0.05, 0.1) is 12.4 Å². The van der Waals surface area contributed by atoms with E-state index in [1.54, 1.807) is 0 Å². The zero-order chi connectivity index (χ0) is 9.40. The second-order valence-corrected chi connectivity index (χ2v) is 1.48. The number of aromatic nitrogens is 2. The molecule has 0 unspecified atom stereocenters. The highest BCUT2D eigenvalue weighted by Gasteiger charge is 2.02. The predicted molar refractivity (Wildman–Crippen MR) is 33.8 cm³/mol. The van der Waals surface area contributed by atoms with Crippen LogP contribution in [0.1, 0.15) is 0 Å². The number of nitrogens with zero attached hydrogens (tertiary/aromatic N) is 3. The molecule has 0 spiro atoms. The van der Waals surface area contributed by atoms with Gasteiger partial charge in [0.15, 0.2) is 0 Å². The normalized spacial score (nSPS) is 8.00. The second-order valence-electron chi connectivity index (χ2n) is 1.48. The van der Waals surface area contributed by atoms with Crippen LogP contribution in [0, 0.1) is 10.1 Å². The largest absolute Gasteiger partial charge is 0.476 e. The third-order valence-corrected chi connectivity index (χ3v) is 0.547.